The van der Waals surface area contributed by atoms with Gasteiger partial charge in [0.2, 0.25) is 10.0 Å². The standard InChI is InChI=1S/C13H17N3O2S/c1-16-7-3-5-12(16)10-15-9-11-4-2-6-13(8-11)19(14,17)18/h2-8,15H,9-10H2,1H3,(H2,14,17,18). The summed E-state index contributed by atoms with van der Waals surface area (Å²) in [5.41, 5.74) is 2.06. The van der Waals surface area contributed by atoms with Crippen molar-refractivity contribution in [1.29, 1.82) is 0 Å². The molecule has 1 heterocycles. The fourth-order valence-electron chi connectivity index (χ4n) is 1.85. The van der Waals surface area contributed by atoms with Gasteiger partial charge in [-0.05, 0) is 29.8 Å². The number of sulfonamides is 1. The molecule has 0 amide bonds. The summed E-state index contributed by atoms with van der Waals surface area (Å²) in [6.07, 6.45) is 1.98. The van der Waals surface area contributed by atoms with E-state index in [1.165, 1.54) is 11.8 Å². The molecule has 0 saturated carbocycles. The summed E-state index contributed by atoms with van der Waals surface area (Å²) in [4.78, 5) is 0.144. The van der Waals surface area contributed by atoms with E-state index in [-0.39, 0.29) is 4.90 Å². The maximum absolute atomic E-state index is 11.2. The summed E-state index contributed by atoms with van der Waals surface area (Å²) in [5.74, 6) is 0. The molecule has 0 bridgehead atoms. The van der Waals surface area contributed by atoms with E-state index in [1.807, 2.05) is 36.0 Å². The van der Waals surface area contributed by atoms with E-state index in [1.54, 1.807) is 12.1 Å². The van der Waals surface area contributed by atoms with Gasteiger partial charge in [0.15, 0.2) is 0 Å². The van der Waals surface area contributed by atoms with Crippen LogP contribution in [0, 0.1) is 0 Å². The van der Waals surface area contributed by atoms with Gasteiger partial charge in [-0.15, -0.1) is 0 Å². The van der Waals surface area contributed by atoms with Crippen molar-refractivity contribution in [1.82, 2.24) is 9.88 Å². The Morgan fingerprint density at radius 3 is 2.63 bits per heavy atom. The third-order valence-electron chi connectivity index (χ3n) is 2.91. The number of benzene rings is 1. The Kier molecular flexibility index (Phi) is 4.04. The second kappa shape index (κ2) is 5.56. The first kappa shape index (κ1) is 13.8. The predicted molar refractivity (Wildman–Crippen MR) is 73.8 cm³/mol. The van der Waals surface area contributed by atoms with Gasteiger partial charge in [0, 0.05) is 32.0 Å². The van der Waals surface area contributed by atoms with E-state index in [9.17, 15) is 8.42 Å². The van der Waals surface area contributed by atoms with E-state index < -0.39 is 10.0 Å². The first-order valence-corrected chi connectivity index (χ1v) is 7.44. The predicted octanol–water partition coefficient (Wildman–Crippen LogP) is 0.962. The maximum atomic E-state index is 11.2. The zero-order chi connectivity index (χ0) is 13.9. The number of hydrogen-bond acceptors (Lipinski definition) is 3. The molecule has 2 aromatic rings. The molecule has 0 fully saturated rings. The Balaban J connectivity index is 1.99. The average molecular weight is 279 g/mol. The lowest BCUT2D eigenvalue weighted by Gasteiger charge is -2.07. The second-order valence-electron chi connectivity index (χ2n) is 4.41. The molecule has 0 spiro atoms. The maximum Gasteiger partial charge on any atom is 0.238 e. The van der Waals surface area contributed by atoms with Crippen molar-refractivity contribution in [2.45, 2.75) is 18.0 Å². The van der Waals surface area contributed by atoms with Crippen LogP contribution in [0.3, 0.4) is 0 Å². The van der Waals surface area contributed by atoms with Crippen LogP contribution in [0.2, 0.25) is 0 Å². The molecule has 0 unspecified atom stereocenters. The van der Waals surface area contributed by atoms with Crippen LogP contribution < -0.4 is 10.5 Å². The third kappa shape index (κ3) is 3.66. The Morgan fingerprint density at radius 2 is 2.00 bits per heavy atom. The van der Waals surface area contributed by atoms with Crippen LogP contribution in [0.15, 0.2) is 47.5 Å². The highest BCUT2D eigenvalue weighted by Gasteiger charge is 2.07. The lowest BCUT2D eigenvalue weighted by molar-refractivity contribution is 0.597. The van der Waals surface area contributed by atoms with Crippen molar-refractivity contribution in [3.8, 4) is 0 Å². The molecule has 5 nitrogen and oxygen atoms in total. The van der Waals surface area contributed by atoms with Crippen molar-refractivity contribution in [2.24, 2.45) is 12.2 Å². The minimum atomic E-state index is -3.63. The van der Waals surface area contributed by atoms with Crippen molar-refractivity contribution in [3.63, 3.8) is 0 Å². The van der Waals surface area contributed by atoms with Crippen LogP contribution in [0.25, 0.3) is 0 Å². The molecule has 0 saturated heterocycles. The minimum Gasteiger partial charge on any atom is -0.353 e. The number of nitrogens with zero attached hydrogens (tertiary/aromatic N) is 1. The summed E-state index contributed by atoms with van der Waals surface area (Å²) in [5, 5.41) is 8.37. The smallest absolute Gasteiger partial charge is 0.238 e. The number of aryl methyl sites for hydroxylation is 1. The van der Waals surface area contributed by atoms with Crippen LogP contribution in [-0.2, 0) is 30.2 Å². The van der Waals surface area contributed by atoms with Crippen LogP contribution in [0.1, 0.15) is 11.3 Å². The highest BCUT2D eigenvalue weighted by atomic mass is 32.2. The highest BCUT2D eigenvalue weighted by Crippen LogP contribution is 2.09. The molecule has 102 valence electrons. The topological polar surface area (TPSA) is 77.1 Å². The SMILES string of the molecule is Cn1cccc1CNCc1cccc(S(N)(=O)=O)c1. The monoisotopic (exact) mass is 279 g/mol. The van der Waals surface area contributed by atoms with Crippen molar-refractivity contribution in [3.05, 3.63) is 53.9 Å². The Bertz CT molecular complexity index is 662. The second-order valence-corrected chi connectivity index (χ2v) is 5.97. The third-order valence-corrected chi connectivity index (χ3v) is 3.82. The van der Waals surface area contributed by atoms with E-state index in [2.05, 4.69) is 5.32 Å². The van der Waals surface area contributed by atoms with Crippen molar-refractivity contribution in [2.75, 3.05) is 0 Å². The van der Waals surface area contributed by atoms with Gasteiger partial charge in [-0.25, -0.2) is 13.6 Å². The number of aromatic nitrogens is 1. The van der Waals surface area contributed by atoms with Crippen molar-refractivity contribution < 1.29 is 8.42 Å². The lowest BCUT2D eigenvalue weighted by atomic mass is 10.2. The minimum absolute atomic E-state index is 0.144. The first-order chi connectivity index (χ1) is 8.97. The Morgan fingerprint density at radius 1 is 1.21 bits per heavy atom. The number of nitrogens with one attached hydrogen (secondary N) is 1. The Hall–Kier alpha value is -1.63. The highest BCUT2D eigenvalue weighted by molar-refractivity contribution is 7.89. The first-order valence-electron chi connectivity index (χ1n) is 5.89. The van der Waals surface area contributed by atoms with Crippen LogP contribution in [0.4, 0.5) is 0 Å². The molecule has 2 rings (SSSR count). The number of primary sulfonamides is 1. The number of rotatable bonds is 5. The fourth-order valence-corrected chi connectivity index (χ4v) is 2.43. The molecule has 1 aromatic heterocycles. The molecule has 0 radical (unpaired) electrons. The number of hydrogen-bond donors (Lipinski definition) is 2. The van der Waals surface area contributed by atoms with Gasteiger partial charge in [-0.2, -0.15) is 0 Å². The molecular weight excluding hydrogens is 262 g/mol. The van der Waals surface area contributed by atoms with Gasteiger partial charge in [0.1, 0.15) is 0 Å². The molecule has 19 heavy (non-hydrogen) atoms. The molecule has 3 N–H and O–H groups in total. The summed E-state index contributed by atoms with van der Waals surface area (Å²) in [7, 11) is -1.65. The summed E-state index contributed by atoms with van der Waals surface area (Å²) in [6, 6.07) is 10.7. The molecule has 1 aromatic carbocycles. The molecule has 0 aliphatic carbocycles. The zero-order valence-corrected chi connectivity index (χ0v) is 11.5. The lowest BCUT2D eigenvalue weighted by Crippen LogP contribution is -2.16. The van der Waals surface area contributed by atoms with Gasteiger partial charge in [0.05, 0.1) is 4.90 Å². The average Bonchev–Trinajstić information content (AvgIpc) is 2.75. The normalized spacial score (nSPS) is 11.7. The van der Waals surface area contributed by atoms with Gasteiger partial charge in [0.25, 0.3) is 0 Å². The summed E-state index contributed by atoms with van der Waals surface area (Å²) in [6.45, 7) is 1.32. The van der Waals surface area contributed by atoms with E-state index in [0.29, 0.717) is 6.54 Å². The summed E-state index contributed by atoms with van der Waals surface area (Å²) >= 11 is 0. The van der Waals surface area contributed by atoms with Crippen LogP contribution in [0.5, 0.6) is 0 Å². The molecule has 0 aliphatic rings. The van der Waals surface area contributed by atoms with E-state index in [4.69, 9.17) is 5.14 Å². The van der Waals surface area contributed by atoms with Gasteiger partial charge >= 0.3 is 0 Å². The quantitative estimate of drug-likeness (QED) is 0.856. The number of nitrogens with two attached hydrogens (primary N) is 1. The largest absolute Gasteiger partial charge is 0.353 e. The van der Waals surface area contributed by atoms with Crippen LogP contribution in [-0.4, -0.2) is 13.0 Å². The zero-order valence-electron chi connectivity index (χ0n) is 10.7. The summed E-state index contributed by atoms with van der Waals surface area (Å²) < 4.78 is 24.5. The van der Waals surface area contributed by atoms with Crippen molar-refractivity contribution >= 4 is 10.0 Å². The van der Waals surface area contributed by atoms with E-state index in [0.717, 1.165) is 12.1 Å². The van der Waals surface area contributed by atoms with Gasteiger partial charge in [-0.3, -0.25) is 0 Å². The molecular formula is C13H17N3O2S. The Labute approximate surface area is 113 Å². The van der Waals surface area contributed by atoms with Crippen LogP contribution >= 0.6 is 0 Å². The van der Waals surface area contributed by atoms with E-state index >= 15 is 0 Å². The molecule has 6 heteroatoms. The van der Waals surface area contributed by atoms with Gasteiger partial charge < -0.3 is 9.88 Å². The van der Waals surface area contributed by atoms with Gasteiger partial charge in [-0.1, -0.05) is 12.1 Å². The fraction of sp³-hybridized carbons (Fsp3) is 0.231. The molecule has 0 atom stereocenters. The molecule has 0 aliphatic heterocycles.